The van der Waals surface area contributed by atoms with Crippen LogP contribution in [0, 0.1) is 13.8 Å². The normalized spacial score (nSPS) is 11.2. The van der Waals surface area contributed by atoms with Crippen molar-refractivity contribution in [2.45, 2.75) is 26.4 Å². The molecule has 23 heavy (non-hydrogen) atoms. The van der Waals surface area contributed by atoms with Gasteiger partial charge in [-0.05, 0) is 26.0 Å². The molecule has 0 saturated heterocycles. The standard InChI is InChI=1S/C15H14F3N3O2/c1-9-13(21-12(22)8-15(16,17)18)10(2)20-14(19-9)23-11-6-4-3-5-7-11/h3-7H,8H2,1-2H3,(H,21,22). The molecule has 1 aromatic carbocycles. The summed E-state index contributed by atoms with van der Waals surface area (Å²) < 4.78 is 42.1. The molecule has 2 rings (SSSR count). The van der Waals surface area contributed by atoms with Gasteiger partial charge in [-0.3, -0.25) is 4.79 Å². The molecule has 0 aliphatic rings. The molecule has 2 aromatic rings. The van der Waals surface area contributed by atoms with Crippen molar-refractivity contribution < 1.29 is 22.7 Å². The molecular weight excluding hydrogens is 311 g/mol. The third-order valence-corrected chi connectivity index (χ3v) is 2.83. The number of hydrogen-bond acceptors (Lipinski definition) is 4. The van der Waals surface area contributed by atoms with E-state index in [1.807, 2.05) is 6.07 Å². The minimum absolute atomic E-state index is 0.0556. The van der Waals surface area contributed by atoms with Crippen LogP contribution in [0.2, 0.25) is 0 Å². The predicted octanol–water partition coefficient (Wildman–Crippen LogP) is 3.78. The first kappa shape index (κ1) is 16.7. The molecule has 0 fully saturated rings. The minimum Gasteiger partial charge on any atom is -0.424 e. The van der Waals surface area contributed by atoms with Crippen LogP contribution < -0.4 is 10.1 Å². The highest BCUT2D eigenvalue weighted by molar-refractivity contribution is 5.92. The monoisotopic (exact) mass is 325 g/mol. The molecule has 8 heteroatoms. The smallest absolute Gasteiger partial charge is 0.397 e. The maximum absolute atomic E-state index is 12.2. The molecule has 122 valence electrons. The van der Waals surface area contributed by atoms with Crippen molar-refractivity contribution in [2.24, 2.45) is 0 Å². The first-order valence-electron chi connectivity index (χ1n) is 6.69. The zero-order valence-electron chi connectivity index (χ0n) is 12.4. The van der Waals surface area contributed by atoms with Crippen LogP contribution >= 0.6 is 0 Å². The minimum atomic E-state index is -4.57. The van der Waals surface area contributed by atoms with Crippen molar-refractivity contribution >= 4 is 11.6 Å². The summed E-state index contributed by atoms with van der Waals surface area (Å²) in [6, 6.07) is 8.87. The van der Waals surface area contributed by atoms with E-state index in [0.29, 0.717) is 17.1 Å². The highest BCUT2D eigenvalue weighted by Crippen LogP contribution is 2.25. The van der Waals surface area contributed by atoms with Crippen LogP contribution in [-0.4, -0.2) is 22.1 Å². The quantitative estimate of drug-likeness (QED) is 0.929. The van der Waals surface area contributed by atoms with Crippen LogP contribution in [0.4, 0.5) is 18.9 Å². The van der Waals surface area contributed by atoms with Gasteiger partial charge in [0.05, 0.1) is 17.1 Å². The van der Waals surface area contributed by atoms with Gasteiger partial charge in [0.2, 0.25) is 5.91 Å². The number of para-hydroxylation sites is 1. The Labute approximate surface area is 130 Å². The summed E-state index contributed by atoms with van der Waals surface area (Å²) in [5.74, 6) is -0.635. The molecular formula is C15H14F3N3O2. The van der Waals surface area contributed by atoms with E-state index in [4.69, 9.17) is 4.74 Å². The number of amides is 1. The van der Waals surface area contributed by atoms with Crippen LogP contribution in [-0.2, 0) is 4.79 Å². The molecule has 1 aromatic heterocycles. The summed E-state index contributed by atoms with van der Waals surface area (Å²) in [6.07, 6.45) is -6.13. The van der Waals surface area contributed by atoms with Crippen molar-refractivity contribution in [3.05, 3.63) is 41.7 Å². The summed E-state index contributed by atoms with van der Waals surface area (Å²) >= 11 is 0. The maximum atomic E-state index is 12.2. The molecule has 0 aliphatic heterocycles. The van der Waals surface area contributed by atoms with E-state index in [9.17, 15) is 18.0 Å². The summed E-state index contributed by atoms with van der Waals surface area (Å²) in [5, 5.41) is 2.19. The van der Waals surface area contributed by atoms with Crippen LogP contribution in [0.1, 0.15) is 17.8 Å². The highest BCUT2D eigenvalue weighted by Gasteiger charge is 2.31. The summed E-state index contributed by atoms with van der Waals surface area (Å²) in [4.78, 5) is 19.5. The van der Waals surface area contributed by atoms with Gasteiger partial charge >= 0.3 is 12.2 Å². The van der Waals surface area contributed by atoms with E-state index in [0.717, 1.165) is 0 Å². The van der Waals surface area contributed by atoms with Gasteiger partial charge in [0.1, 0.15) is 12.2 Å². The number of rotatable bonds is 4. The molecule has 1 amide bonds. The number of ether oxygens (including phenoxy) is 1. The lowest BCUT2D eigenvalue weighted by Gasteiger charge is -2.13. The Morgan fingerprint density at radius 2 is 1.70 bits per heavy atom. The zero-order valence-corrected chi connectivity index (χ0v) is 12.4. The largest absolute Gasteiger partial charge is 0.424 e. The SMILES string of the molecule is Cc1nc(Oc2ccccc2)nc(C)c1NC(=O)CC(F)(F)F. The fourth-order valence-corrected chi connectivity index (χ4v) is 1.87. The molecule has 0 aliphatic carbocycles. The van der Waals surface area contributed by atoms with E-state index in [-0.39, 0.29) is 11.7 Å². The predicted molar refractivity (Wildman–Crippen MR) is 77.3 cm³/mol. The fraction of sp³-hybridized carbons (Fsp3) is 0.267. The summed E-state index contributed by atoms with van der Waals surface area (Å²) in [7, 11) is 0. The fourth-order valence-electron chi connectivity index (χ4n) is 1.87. The Morgan fingerprint density at radius 3 is 2.22 bits per heavy atom. The third kappa shape index (κ3) is 4.94. The number of halogens is 3. The second-order valence-corrected chi connectivity index (χ2v) is 4.81. The molecule has 5 nitrogen and oxygen atoms in total. The number of aryl methyl sites for hydroxylation is 2. The van der Waals surface area contributed by atoms with Crippen molar-refractivity contribution in [3.8, 4) is 11.8 Å². The van der Waals surface area contributed by atoms with E-state index in [1.165, 1.54) is 0 Å². The maximum Gasteiger partial charge on any atom is 0.397 e. The number of carbonyl (C=O) groups excluding carboxylic acids is 1. The summed E-state index contributed by atoms with van der Waals surface area (Å²) in [6.45, 7) is 3.10. The second-order valence-electron chi connectivity index (χ2n) is 4.81. The van der Waals surface area contributed by atoms with Crippen LogP contribution in [0.25, 0.3) is 0 Å². The number of nitrogens with zero attached hydrogens (tertiary/aromatic N) is 2. The molecule has 0 spiro atoms. The number of hydrogen-bond donors (Lipinski definition) is 1. The van der Waals surface area contributed by atoms with Gasteiger partial charge in [-0.25, -0.2) is 0 Å². The van der Waals surface area contributed by atoms with Gasteiger partial charge in [0, 0.05) is 0 Å². The van der Waals surface area contributed by atoms with Crippen molar-refractivity contribution in [3.63, 3.8) is 0 Å². The number of aromatic nitrogens is 2. The molecule has 0 atom stereocenters. The van der Waals surface area contributed by atoms with Crippen molar-refractivity contribution in [2.75, 3.05) is 5.32 Å². The molecule has 1 N–H and O–H groups in total. The van der Waals surface area contributed by atoms with Gasteiger partial charge in [-0.1, -0.05) is 18.2 Å². The van der Waals surface area contributed by atoms with E-state index in [2.05, 4.69) is 15.3 Å². The number of carbonyl (C=O) groups is 1. The Bertz CT molecular complexity index is 680. The molecule has 0 bridgehead atoms. The van der Waals surface area contributed by atoms with Gasteiger partial charge < -0.3 is 10.1 Å². The number of alkyl halides is 3. The lowest BCUT2D eigenvalue weighted by Crippen LogP contribution is -2.22. The topological polar surface area (TPSA) is 64.1 Å². The van der Waals surface area contributed by atoms with Gasteiger partial charge in [-0.15, -0.1) is 0 Å². The Balaban J connectivity index is 2.16. The third-order valence-electron chi connectivity index (χ3n) is 2.83. The highest BCUT2D eigenvalue weighted by atomic mass is 19.4. The summed E-state index contributed by atoms with van der Waals surface area (Å²) in [5.41, 5.74) is 0.789. The van der Waals surface area contributed by atoms with E-state index in [1.54, 1.807) is 38.1 Å². The number of anilines is 1. The van der Waals surface area contributed by atoms with Crippen LogP contribution in [0.3, 0.4) is 0 Å². The Morgan fingerprint density at radius 1 is 1.13 bits per heavy atom. The second kappa shape index (κ2) is 6.64. The average molecular weight is 325 g/mol. The van der Waals surface area contributed by atoms with Crippen LogP contribution in [0.5, 0.6) is 11.8 Å². The van der Waals surface area contributed by atoms with Gasteiger partial charge in [0.25, 0.3) is 0 Å². The van der Waals surface area contributed by atoms with Gasteiger partial charge in [0.15, 0.2) is 0 Å². The molecule has 0 saturated carbocycles. The first-order chi connectivity index (χ1) is 10.7. The lowest BCUT2D eigenvalue weighted by molar-refractivity contribution is -0.150. The van der Waals surface area contributed by atoms with Crippen molar-refractivity contribution in [1.29, 1.82) is 0 Å². The average Bonchev–Trinajstić information content (AvgIpc) is 2.42. The Hall–Kier alpha value is -2.64. The molecule has 0 radical (unpaired) electrons. The Kier molecular flexibility index (Phi) is 4.83. The van der Waals surface area contributed by atoms with E-state index < -0.39 is 18.5 Å². The zero-order chi connectivity index (χ0) is 17.0. The van der Waals surface area contributed by atoms with Crippen LogP contribution in [0.15, 0.2) is 30.3 Å². The molecule has 0 unspecified atom stereocenters. The number of nitrogens with one attached hydrogen (secondary N) is 1. The van der Waals surface area contributed by atoms with Crippen molar-refractivity contribution in [1.82, 2.24) is 9.97 Å². The van der Waals surface area contributed by atoms with Gasteiger partial charge in [-0.2, -0.15) is 23.1 Å². The lowest BCUT2D eigenvalue weighted by atomic mass is 10.2. The first-order valence-corrected chi connectivity index (χ1v) is 6.69. The van der Waals surface area contributed by atoms with E-state index >= 15 is 0 Å². The number of benzene rings is 1. The molecule has 1 heterocycles.